The Morgan fingerprint density at radius 3 is 2.50 bits per heavy atom. The molecule has 0 amide bonds. The van der Waals surface area contributed by atoms with Crippen LogP contribution in [0, 0.1) is 11.3 Å². The van der Waals surface area contributed by atoms with Crippen molar-refractivity contribution in [2.75, 3.05) is 19.0 Å². The molecule has 0 aliphatic carbocycles. The second-order valence-electron chi connectivity index (χ2n) is 4.04. The van der Waals surface area contributed by atoms with Crippen LogP contribution < -0.4 is 16.6 Å². The van der Waals surface area contributed by atoms with Gasteiger partial charge in [-0.15, -0.1) is 0 Å². The molecular formula is C11H16N4O3. The minimum atomic E-state index is -0.604. The lowest BCUT2D eigenvalue weighted by atomic mass is 10.3. The fourth-order valence-electron chi connectivity index (χ4n) is 1.64. The molecule has 1 aromatic heterocycles. The molecule has 1 unspecified atom stereocenters. The monoisotopic (exact) mass is 252 g/mol. The molecule has 1 atom stereocenters. The van der Waals surface area contributed by atoms with Gasteiger partial charge in [-0.25, -0.2) is 4.79 Å². The number of rotatable bonds is 4. The summed E-state index contributed by atoms with van der Waals surface area (Å²) >= 11 is 0. The molecule has 1 aromatic rings. The molecule has 0 fully saturated rings. The van der Waals surface area contributed by atoms with Crippen LogP contribution in [-0.2, 0) is 18.8 Å². The lowest BCUT2D eigenvalue weighted by Gasteiger charge is -2.18. The summed E-state index contributed by atoms with van der Waals surface area (Å²) in [5, 5.41) is 12.0. The van der Waals surface area contributed by atoms with Crippen LogP contribution >= 0.6 is 0 Å². The van der Waals surface area contributed by atoms with Crippen molar-refractivity contribution in [3.05, 3.63) is 26.4 Å². The number of aromatic nitrogens is 2. The van der Waals surface area contributed by atoms with Gasteiger partial charge in [-0.05, 0) is 6.92 Å². The van der Waals surface area contributed by atoms with E-state index in [0.29, 0.717) is 6.61 Å². The first-order valence-electron chi connectivity index (χ1n) is 5.39. The largest absolute Gasteiger partial charge is 0.383 e. The molecule has 7 nitrogen and oxygen atoms in total. The molecule has 0 aromatic carbocycles. The van der Waals surface area contributed by atoms with Gasteiger partial charge < -0.3 is 10.1 Å². The highest BCUT2D eigenvalue weighted by molar-refractivity contribution is 5.51. The molecule has 18 heavy (non-hydrogen) atoms. The van der Waals surface area contributed by atoms with Crippen molar-refractivity contribution in [2.45, 2.75) is 13.0 Å². The zero-order valence-electron chi connectivity index (χ0n) is 10.9. The maximum Gasteiger partial charge on any atom is 0.332 e. The smallest absolute Gasteiger partial charge is 0.332 e. The number of hydrogen-bond donors (Lipinski definition) is 1. The van der Waals surface area contributed by atoms with Crippen LogP contribution in [0.25, 0.3) is 0 Å². The van der Waals surface area contributed by atoms with E-state index in [2.05, 4.69) is 5.32 Å². The Labute approximate surface area is 104 Å². The minimum absolute atomic E-state index is 0.0810. The van der Waals surface area contributed by atoms with Crippen molar-refractivity contribution >= 4 is 5.82 Å². The van der Waals surface area contributed by atoms with E-state index in [1.165, 1.54) is 18.7 Å². The zero-order valence-corrected chi connectivity index (χ0v) is 10.9. The standard InChI is InChI=1S/C11H16N4O3/c1-7(6-18-4)13-9-8(5-12)10(16)15(3)11(17)14(9)2/h7,13H,6H2,1-4H3. The van der Waals surface area contributed by atoms with Crippen molar-refractivity contribution in [3.8, 4) is 6.07 Å². The molecule has 0 aliphatic rings. The highest BCUT2D eigenvalue weighted by Crippen LogP contribution is 2.08. The first-order chi connectivity index (χ1) is 8.43. The van der Waals surface area contributed by atoms with Crippen LogP contribution in [0.4, 0.5) is 5.82 Å². The van der Waals surface area contributed by atoms with Gasteiger partial charge in [0.05, 0.1) is 6.61 Å². The van der Waals surface area contributed by atoms with E-state index in [1.807, 2.05) is 13.0 Å². The Bertz CT molecular complexity index is 594. The number of nitrogens with one attached hydrogen (secondary N) is 1. The van der Waals surface area contributed by atoms with E-state index in [0.717, 1.165) is 4.57 Å². The van der Waals surface area contributed by atoms with Gasteiger partial charge in [0.1, 0.15) is 11.9 Å². The van der Waals surface area contributed by atoms with Crippen molar-refractivity contribution in [2.24, 2.45) is 14.1 Å². The maximum absolute atomic E-state index is 11.8. The predicted octanol–water partition coefficient (Wildman–Crippen LogP) is -0.598. The highest BCUT2D eigenvalue weighted by atomic mass is 16.5. The molecule has 7 heteroatoms. The van der Waals surface area contributed by atoms with E-state index < -0.39 is 11.2 Å². The summed E-state index contributed by atoms with van der Waals surface area (Å²) < 4.78 is 7.11. The van der Waals surface area contributed by atoms with Gasteiger partial charge in [0.25, 0.3) is 5.56 Å². The average Bonchev–Trinajstić information content (AvgIpc) is 2.34. The van der Waals surface area contributed by atoms with E-state index in [1.54, 1.807) is 7.11 Å². The highest BCUT2D eigenvalue weighted by Gasteiger charge is 2.16. The fraction of sp³-hybridized carbons (Fsp3) is 0.545. The third-order valence-corrected chi connectivity index (χ3v) is 2.58. The van der Waals surface area contributed by atoms with E-state index >= 15 is 0 Å². The molecule has 0 saturated heterocycles. The van der Waals surface area contributed by atoms with Gasteiger partial charge in [0.15, 0.2) is 5.56 Å². The normalized spacial score (nSPS) is 11.9. The third kappa shape index (κ3) is 2.43. The van der Waals surface area contributed by atoms with Crippen LogP contribution in [0.2, 0.25) is 0 Å². The minimum Gasteiger partial charge on any atom is -0.383 e. The third-order valence-electron chi connectivity index (χ3n) is 2.58. The summed E-state index contributed by atoms with van der Waals surface area (Å²) in [6.07, 6.45) is 0. The summed E-state index contributed by atoms with van der Waals surface area (Å²) in [7, 11) is 4.39. The molecular weight excluding hydrogens is 236 g/mol. The van der Waals surface area contributed by atoms with Gasteiger partial charge >= 0.3 is 5.69 Å². The Morgan fingerprint density at radius 1 is 1.39 bits per heavy atom. The van der Waals surface area contributed by atoms with Gasteiger partial charge in [-0.1, -0.05) is 0 Å². The number of anilines is 1. The van der Waals surface area contributed by atoms with E-state index in [9.17, 15) is 9.59 Å². The SMILES string of the molecule is COCC(C)Nc1c(C#N)c(=O)n(C)c(=O)n1C. The van der Waals surface area contributed by atoms with Gasteiger partial charge in [-0.3, -0.25) is 13.9 Å². The van der Waals surface area contributed by atoms with Gasteiger partial charge in [0, 0.05) is 27.2 Å². The summed E-state index contributed by atoms with van der Waals surface area (Å²) in [5.74, 6) is 0.218. The second-order valence-corrected chi connectivity index (χ2v) is 4.04. The first-order valence-corrected chi connectivity index (χ1v) is 5.39. The number of nitrogens with zero attached hydrogens (tertiary/aromatic N) is 3. The van der Waals surface area contributed by atoms with Crippen LogP contribution in [-0.4, -0.2) is 28.9 Å². The molecule has 1 N–H and O–H groups in total. The van der Waals surface area contributed by atoms with Crippen LogP contribution in [0.1, 0.15) is 12.5 Å². The topological polar surface area (TPSA) is 89.1 Å². The molecule has 0 saturated carbocycles. The fourth-order valence-corrected chi connectivity index (χ4v) is 1.64. The molecule has 1 rings (SSSR count). The van der Waals surface area contributed by atoms with Crippen molar-refractivity contribution < 1.29 is 4.74 Å². The Morgan fingerprint density at radius 2 is 2.00 bits per heavy atom. The average molecular weight is 252 g/mol. The van der Waals surface area contributed by atoms with E-state index in [4.69, 9.17) is 10.00 Å². The molecule has 0 bridgehead atoms. The van der Waals surface area contributed by atoms with Gasteiger partial charge in [-0.2, -0.15) is 5.26 Å². The van der Waals surface area contributed by atoms with Crippen molar-refractivity contribution in [1.82, 2.24) is 9.13 Å². The number of methoxy groups -OCH3 is 1. The number of ether oxygens (including phenoxy) is 1. The van der Waals surface area contributed by atoms with E-state index in [-0.39, 0.29) is 17.4 Å². The van der Waals surface area contributed by atoms with Gasteiger partial charge in [0.2, 0.25) is 0 Å². The predicted molar refractivity (Wildman–Crippen MR) is 66.6 cm³/mol. The second kappa shape index (κ2) is 5.51. The zero-order chi connectivity index (χ0) is 13.9. The first kappa shape index (κ1) is 14.0. The molecule has 1 heterocycles. The Hall–Kier alpha value is -2.07. The number of hydrogen-bond acceptors (Lipinski definition) is 5. The molecule has 0 spiro atoms. The summed E-state index contributed by atoms with van der Waals surface area (Å²) in [6, 6.07) is 1.70. The quantitative estimate of drug-likeness (QED) is 0.773. The lowest BCUT2D eigenvalue weighted by Crippen LogP contribution is -2.41. The lowest BCUT2D eigenvalue weighted by molar-refractivity contribution is 0.190. The van der Waals surface area contributed by atoms with Crippen LogP contribution in [0.15, 0.2) is 9.59 Å². The van der Waals surface area contributed by atoms with Crippen LogP contribution in [0.5, 0.6) is 0 Å². The summed E-state index contributed by atoms with van der Waals surface area (Å²) in [5.41, 5.74) is -1.17. The van der Waals surface area contributed by atoms with Crippen LogP contribution in [0.3, 0.4) is 0 Å². The summed E-state index contributed by atoms with van der Waals surface area (Å²) in [4.78, 5) is 23.6. The maximum atomic E-state index is 11.8. The summed E-state index contributed by atoms with van der Waals surface area (Å²) in [6.45, 7) is 2.22. The molecule has 0 aliphatic heterocycles. The Balaban J connectivity index is 3.40. The van der Waals surface area contributed by atoms with Crippen molar-refractivity contribution in [3.63, 3.8) is 0 Å². The molecule has 98 valence electrons. The Kier molecular flexibility index (Phi) is 4.28. The number of nitriles is 1. The van der Waals surface area contributed by atoms with Crippen molar-refractivity contribution in [1.29, 1.82) is 5.26 Å². The molecule has 0 radical (unpaired) electrons.